The molecule has 0 aliphatic heterocycles. The quantitative estimate of drug-likeness (QED) is 0.759. The van der Waals surface area contributed by atoms with Gasteiger partial charge >= 0.3 is 0 Å². The molecule has 0 aliphatic carbocycles. The van der Waals surface area contributed by atoms with E-state index in [2.05, 4.69) is 15.3 Å². The fraction of sp³-hybridized carbons (Fsp3) is 0.235. The number of carbonyl (C=O) groups is 1. The van der Waals surface area contributed by atoms with Gasteiger partial charge in [0.1, 0.15) is 17.4 Å². The molecular formula is C17H18N4O2. The Balaban J connectivity index is 1.56. The molecule has 0 unspecified atom stereocenters. The summed E-state index contributed by atoms with van der Waals surface area (Å²) in [6.45, 7) is 2.39. The number of nitrogens with one attached hydrogen (secondary N) is 1. The minimum atomic E-state index is -0.00132. The molecule has 0 spiro atoms. The van der Waals surface area contributed by atoms with Crippen LogP contribution in [0.4, 0.5) is 0 Å². The number of hydrogen-bond acceptors (Lipinski definition) is 4. The van der Waals surface area contributed by atoms with Crippen molar-refractivity contribution in [3.8, 4) is 5.82 Å². The number of nitrogens with zero attached hydrogens (tertiary/aromatic N) is 3. The molecule has 6 heteroatoms. The lowest BCUT2D eigenvalue weighted by molar-refractivity contribution is -0.121. The third kappa shape index (κ3) is 3.85. The second kappa shape index (κ2) is 6.91. The van der Waals surface area contributed by atoms with Crippen molar-refractivity contribution in [1.29, 1.82) is 0 Å². The van der Waals surface area contributed by atoms with Gasteiger partial charge in [0.15, 0.2) is 0 Å². The maximum atomic E-state index is 11.9. The topological polar surface area (TPSA) is 73.0 Å². The zero-order valence-corrected chi connectivity index (χ0v) is 12.9. The molecule has 1 amide bonds. The van der Waals surface area contributed by atoms with Gasteiger partial charge in [0.05, 0.1) is 6.26 Å². The lowest BCUT2D eigenvalue weighted by Gasteiger charge is -2.08. The number of amides is 1. The highest BCUT2D eigenvalue weighted by molar-refractivity contribution is 5.76. The van der Waals surface area contributed by atoms with E-state index in [4.69, 9.17) is 4.42 Å². The zero-order valence-electron chi connectivity index (χ0n) is 12.9. The number of rotatable bonds is 6. The van der Waals surface area contributed by atoms with E-state index in [9.17, 15) is 4.79 Å². The van der Waals surface area contributed by atoms with E-state index in [1.807, 2.05) is 42.0 Å². The number of aryl methyl sites for hydroxylation is 2. The third-order valence-corrected chi connectivity index (χ3v) is 3.55. The Morgan fingerprint density at radius 3 is 2.96 bits per heavy atom. The van der Waals surface area contributed by atoms with Crippen LogP contribution in [0.25, 0.3) is 5.82 Å². The highest BCUT2D eigenvalue weighted by Crippen LogP contribution is 2.10. The van der Waals surface area contributed by atoms with Gasteiger partial charge in [-0.2, -0.15) is 0 Å². The summed E-state index contributed by atoms with van der Waals surface area (Å²) >= 11 is 0. The standard InChI is InChI=1S/C17H18N4O2/c1-13-18-8-9-21(13)16-11-14(6-7-19-16)12-20-17(22)5-4-15-3-2-10-23-15/h2-3,6-11H,4-5,12H2,1H3,(H,20,22). The van der Waals surface area contributed by atoms with Crippen LogP contribution in [0.5, 0.6) is 0 Å². The maximum Gasteiger partial charge on any atom is 0.220 e. The smallest absolute Gasteiger partial charge is 0.220 e. The van der Waals surface area contributed by atoms with Gasteiger partial charge in [0, 0.05) is 38.0 Å². The van der Waals surface area contributed by atoms with Crippen molar-refractivity contribution in [1.82, 2.24) is 19.9 Å². The molecule has 0 aromatic carbocycles. The Kier molecular flexibility index (Phi) is 4.52. The van der Waals surface area contributed by atoms with Crippen LogP contribution in [0, 0.1) is 6.92 Å². The lowest BCUT2D eigenvalue weighted by Crippen LogP contribution is -2.23. The lowest BCUT2D eigenvalue weighted by atomic mass is 10.2. The second-order valence-corrected chi connectivity index (χ2v) is 5.22. The summed E-state index contributed by atoms with van der Waals surface area (Å²) in [5, 5.41) is 2.92. The summed E-state index contributed by atoms with van der Waals surface area (Å²) in [6, 6.07) is 7.53. The molecule has 0 radical (unpaired) electrons. The third-order valence-electron chi connectivity index (χ3n) is 3.55. The number of carbonyl (C=O) groups excluding carboxylic acids is 1. The molecule has 3 aromatic heterocycles. The average Bonchev–Trinajstić information content (AvgIpc) is 3.22. The first-order valence-corrected chi connectivity index (χ1v) is 7.47. The van der Waals surface area contributed by atoms with Crippen molar-refractivity contribution in [2.45, 2.75) is 26.3 Å². The second-order valence-electron chi connectivity index (χ2n) is 5.22. The van der Waals surface area contributed by atoms with Crippen molar-refractivity contribution >= 4 is 5.91 Å². The number of furan rings is 1. The Morgan fingerprint density at radius 1 is 1.30 bits per heavy atom. The Hall–Kier alpha value is -2.89. The summed E-state index contributed by atoms with van der Waals surface area (Å²) in [6.07, 6.45) is 7.97. The summed E-state index contributed by atoms with van der Waals surface area (Å²) in [5.74, 6) is 2.49. The normalized spacial score (nSPS) is 10.7. The largest absolute Gasteiger partial charge is 0.469 e. The van der Waals surface area contributed by atoms with E-state index in [0.29, 0.717) is 19.4 Å². The van der Waals surface area contributed by atoms with Crippen molar-refractivity contribution in [2.24, 2.45) is 0 Å². The van der Waals surface area contributed by atoms with Crippen LogP contribution in [0.15, 0.2) is 53.5 Å². The van der Waals surface area contributed by atoms with Crippen LogP contribution in [0.3, 0.4) is 0 Å². The Bertz CT molecular complexity index is 778. The summed E-state index contributed by atoms with van der Waals surface area (Å²) < 4.78 is 7.12. The molecule has 6 nitrogen and oxygen atoms in total. The van der Waals surface area contributed by atoms with E-state index < -0.39 is 0 Å². The van der Waals surface area contributed by atoms with Gasteiger partial charge < -0.3 is 9.73 Å². The average molecular weight is 310 g/mol. The van der Waals surface area contributed by atoms with Crippen LogP contribution < -0.4 is 5.32 Å². The van der Waals surface area contributed by atoms with E-state index in [1.54, 1.807) is 18.7 Å². The predicted octanol–water partition coefficient (Wildman–Crippen LogP) is 2.42. The zero-order chi connectivity index (χ0) is 16.1. The van der Waals surface area contributed by atoms with Crippen molar-refractivity contribution in [2.75, 3.05) is 0 Å². The molecule has 0 saturated carbocycles. The summed E-state index contributed by atoms with van der Waals surface area (Å²) in [5.41, 5.74) is 0.995. The van der Waals surface area contributed by atoms with Crippen LogP contribution in [0.1, 0.15) is 23.6 Å². The van der Waals surface area contributed by atoms with Crippen molar-refractivity contribution < 1.29 is 9.21 Å². The van der Waals surface area contributed by atoms with Crippen LogP contribution in [-0.4, -0.2) is 20.4 Å². The first-order valence-electron chi connectivity index (χ1n) is 7.47. The van der Waals surface area contributed by atoms with Crippen LogP contribution in [0.2, 0.25) is 0 Å². The predicted molar refractivity (Wildman–Crippen MR) is 85.0 cm³/mol. The van der Waals surface area contributed by atoms with Crippen LogP contribution in [-0.2, 0) is 17.8 Å². The molecule has 0 saturated heterocycles. The number of imidazole rings is 1. The molecular weight excluding hydrogens is 292 g/mol. The number of aromatic nitrogens is 3. The summed E-state index contributed by atoms with van der Waals surface area (Å²) in [7, 11) is 0. The minimum absolute atomic E-state index is 0.00132. The highest BCUT2D eigenvalue weighted by Gasteiger charge is 2.06. The Labute approximate surface area is 134 Å². The van der Waals surface area contributed by atoms with Gasteiger partial charge in [-0.1, -0.05) is 0 Å². The molecule has 118 valence electrons. The van der Waals surface area contributed by atoms with Gasteiger partial charge in [0.25, 0.3) is 0 Å². The maximum absolute atomic E-state index is 11.9. The fourth-order valence-corrected chi connectivity index (χ4v) is 2.30. The highest BCUT2D eigenvalue weighted by atomic mass is 16.3. The van der Waals surface area contributed by atoms with E-state index in [1.165, 1.54) is 0 Å². The van der Waals surface area contributed by atoms with Crippen molar-refractivity contribution in [3.63, 3.8) is 0 Å². The van der Waals surface area contributed by atoms with Gasteiger partial charge in [-0.05, 0) is 36.8 Å². The Morgan fingerprint density at radius 2 is 2.22 bits per heavy atom. The van der Waals surface area contributed by atoms with Gasteiger partial charge in [-0.25, -0.2) is 9.97 Å². The first-order chi connectivity index (χ1) is 11.2. The van der Waals surface area contributed by atoms with E-state index in [-0.39, 0.29) is 5.91 Å². The molecule has 0 bridgehead atoms. The van der Waals surface area contributed by atoms with E-state index >= 15 is 0 Å². The SMILES string of the molecule is Cc1nccn1-c1cc(CNC(=O)CCc2ccco2)ccn1. The molecule has 3 heterocycles. The van der Waals surface area contributed by atoms with Crippen LogP contribution >= 0.6 is 0 Å². The molecule has 23 heavy (non-hydrogen) atoms. The first kappa shape index (κ1) is 15.0. The molecule has 3 rings (SSSR count). The molecule has 0 atom stereocenters. The van der Waals surface area contributed by atoms with Gasteiger partial charge in [0.2, 0.25) is 5.91 Å². The van der Waals surface area contributed by atoms with Gasteiger partial charge in [-0.3, -0.25) is 9.36 Å². The van der Waals surface area contributed by atoms with E-state index in [0.717, 1.165) is 23.0 Å². The van der Waals surface area contributed by atoms with Gasteiger partial charge in [-0.15, -0.1) is 0 Å². The molecule has 0 fully saturated rings. The monoisotopic (exact) mass is 310 g/mol. The summed E-state index contributed by atoms with van der Waals surface area (Å²) in [4.78, 5) is 20.4. The van der Waals surface area contributed by atoms with Crippen molar-refractivity contribution in [3.05, 3.63) is 66.3 Å². The fourth-order valence-electron chi connectivity index (χ4n) is 2.30. The molecule has 3 aromatic rings. The minimum Gasteiger partial charge on any atom is -0.469 e. The molecule has 0 aliphatic rings. The number of pyridine rings is 1. The molecule has 1 N–H and O–H groups in total. The number of hydrogen-bond donors (Lipinski definition) is 1.